The van der Waals surface area contributed by atoms with Crippen molar-refractivity contribution in [2.24, 2.45) is 5.10 Å². The van der Waals surface area contributed by atoms with E-state index in [1.54, 1.807) is 111 Å². The first-order valence-electron chi connectivity index (χ1n) is 25.8. The summed E-state index contributed by atoms with van der Waals surface area (Å²) in [5.74, 6) is 2.29. The monoisotopic (exact) mass is 1170 g/mol. The van der Waals surface area contributed by atoms with Gasteiger partial charge < -0.3 is 35.5 Å². The van der Waals surface area contributed by atoms with Crippen LogP contribution in [-0.4, -0.2) is 84.7 Å². The van der Waals surface area contributed by atoms with Crippen LogP contribution in [-0.2, 0) is 52.9 Å². The third-order valence-corrected chi connectivity index (χ3v) is 18.6. The van der Waals surface area contributed by atoms with Gasteiger partial charge in [-0.05, 0) is 152 Å². The van der Waals surface area contributed by atoms with Crippen LogP contribution in [0.5, 0.6) is 11.5 Å². The van der Waals surface area contributed by atoms with Crippen LogP contribution in [0.1, 0.15) is 111 Å². The first-order chi connectivity index (χ1) is 37.5. The molecule has 0 spiro atoms. The van der Waals surface area contributed by atoms with E-state index >= 15 is 0 Å². The van der Waals surface area contributed by atoms with E-state index in [9.17, 15) is 26.4 Å². The molecule has 0 aliphatic heterocycles. The number of amides is 1. The summed E-state index contributed by atoms with van der Waals surface area (Å²) in [7, 11) is -3.96. The molecule has 19 nitrogen and oxygen atoms in total. The molecule has 0 unspecified atom stereocenters. The van der Waals surface area contributed by atoms with E-state index in [1.807, 2.05) is 52.0 Å². The molecule has 0 radical (unpaired) electrons. The van der Waals surface area contributed by atoms with Crippen molar-refractivity contribution in [3.05, 3.63) is 117 Å². The molecule has 80 heavy (non-hydrogen) atoms. The lowest BCUT2D eigenvalue weighted by atomic mass is 9.71. The molecule has 426 valence electrons. The number of carbonyl (C=O) groups is 2. The number of nitrogens with one attached hydrogen (secondary N) is 5. The second kappa shape index (κ2) is 23.9. The lowest BCUT2D eigenvalue weighted by molar-refractivity contribution is -0.124. The van der Waals surface area contributed by atoms with Gasteiger partial charge in [-0.25, -0.2) is 37.0 Å². The molecule has 0 fully saturated rings. The molecule has 0 saturated carbocycles. The van der Waals surface area contributed by atoms with Crippen LogP contribution in [0.15, 0.2) is 100 Å². The van der Waals surface area contributed by atoms with Crippen molar-refractivity contribution in [2.75, 3.05) is 35.5 Å². The summed E-state index contributed by atoms with van der Waals surface area (Å²) in [6.07, 6.45) is 4.71. The summed E-state index contributed by atoms with van der Waals surface area (Å²) in [5.41, 5.74) is 7.76. The van der Waals surface area contributed by atoms with E-state index in [4.69, 9.17) is 37.4 Å². The van der Waals surface area contributed by atoms with E-state index in [0.717, 1.165) is 28.0 Å². The van der Waals surface area contributed by atoms with Crippen LogP contribution in [0.4, 0.5) is 51.1 Å². The Hall–Kier alpha value is -7.07. The largest absolute Gasteiger partial charge is 0.495 e. The van der Waals surface area contributed by atoms with Crippen LogP contribution in [0.25, 0.3) is 0 Å². The van der Waals surface area contributed by atoms with Gasteiger partial charge in [0.1, 0.15) is 32.9 Å². The lowest BCUT2D eigenvalue weighted by Crippen LogP contribution is -2.37. The molecule has 5 N–H and O–H groups in total. The van der Waals surface area contributed by atoms with Gasteiger partial charge in [0.15, 0.2) is 31.3 Å². The number of fused-ring (bicyclic) bond motifs is 2. The summed E-state index contributed by atoms with van der Waals surface area (Å²) in [6.45, 7) is 19.9. The van der Waals surface area contributed by atoms with Gasteiger partial charge in [0.05, 0.1) is 69.7 Å². The fraction of sp³-hybridized carbons (Fsp3) is 0.386. The molecular formula is C57H68Cl2N10O9S2. The number of benzene rings is 4. The Morgan fingerprint density at radius 2 is 1.05 bits per heavy atom. The van der Waals surface area contributed by atoms with E-state index in [1.165, 1.54) is 12.4 Å². The van der Waals surface area contributed by atoms with Crippen LogP contribution >= 0.6 is 23.2 Å². The van der Waals surface area contributed by atoms with Crippen molar-refractivity contribution in [1.29, 1.82) is 0 Å². The van der Waals surface area contributed by atoms with Gasteiger partial charge in [-0.1, -0.05) is 61.3 Å². The van der Waals surface area contributed by atoms with Crippen molar-refractivity contribution in [2.45, 2.75) is 139 Å². The maximum atomic E-state index is 12.9. The Balaban J connectivity index is 0.000000236. The number of hydrogen-bond donors (Lipinski definition) is 5. The van der Waals surface area contributed by atoms with Crippen molar-refractivity contribution in [3.63, 3.8) is 0 Å². The Kier molecular flexibility index (Phi) is 18.1. The minimum atomic E-state index is -3.56. The number of anilines is 8. The topological polar surface area (TPSA) is 254 Å². The molecule has 1 amide bonds. The van der Waals surface area contributed by atoms with Crippen molar-refractivity contribution in [3.8, 4) is 11.5 Å². The minimum absolute atomic E-state index is 0.155. The number of aromatic nitrogens is 4. The first-order valence-corrected chi connectivity index (χ1v) is 29.6. The fourth-order valence-electron chi connectivity index (χ4n) is 9.07. The SMILES string of the molecule is COc1cc2c(cc1Nc1ncc(Cl)c(Nc3ccccc3S(=O)(=O)C(C)C)n1)CC/C(=N\NC(=O)OC(C)(C)C)C2(C)C.COc1cc2c(cc1Nc1ncc(Cl)c(Nc3ccccc3S(=O)(=O)C(C)C)n1)CCC(=O)C2(C)C. The molecule has 6 aromatic rings. The number of hydrogen-bond acceptors (Lipinski definition) is 18. The number of sulfone groups is 2. The maximum Gasteiger partial charge on any atom is 0.428 e. The maximum absolute atomic E-state index is 12.9. The van der Waals surface area contributed by atoms with Gasteiger partial charge in [0.25, 0.3) is 0 Å². The van der Waals surface area contributed by atoms with Gasteiger partial charge in [-0.3, -0.25) is 4.79 Å². The summed E-state index contributed by atoms with van der Waals surface area (Å²) in [4.78, 5) is 42.6. The van der Waals surface area contributed by atoms with Crippen molar-refractivity contribution >= 4 is 107 Å². The third-order valence-electron chi connectivity index (χ3n) is 13.7. The average molecular weight is 1170 g/mol. The molecule has 2 heterocycles. The van der Waals surface area contributed by atoms with Crippen LogP contribution in [0, 0.1) is 0 Å². The van der Waals surface area contributed by atoms with Crippen LogP contribution < -0.4 is 36.2 Å². The molecule has 0 saturated heterocycles. The van der Waals surface area contributed by atoms with Gasteiger partial charge in [-0.15, -0.1) is 0 Å². The molecule has 8 rings (SSSR count). The molecule has 0 atom stereocenters. The van der Waals surface area contributed by atoms with Gasteiger partial charge in [0.2, 0.25) is 11.9 Å². The quantitative estimate of drug-likeness (QED) is 0.0599. The Morgan fingerprint density at radius 1 is 0.625 bits per heavy atom. The lowest BCUT2D eigenvalue weighted by Gasteiger charge is -2.35. The molecule has 4 aromatic carbocycles. The summed E-state index contributed by atoms with van der Waals surface area (Å²) < 4.78 is 68.2. The molecule has 2 aliphatic rings. The van der Waals surface area contributed by atoms with Gasteiger partial charge in [0, 0.05) is 23.0 Å². The van der Waals surface area contributed by atoms with Crippen molar-refractivity contribution in [1.82, 2.24) is 25.4 Å². The highest BCUT2D eigenvalue weighted by molar-refractivity contribution is 7.92. The predicted octanol–water partition coefficient (Wildman–Crippen LogP) is 12.5. The number of hydrazone groups is 1. The fourth-order valence-corrected chi connectivity index (χ4v) is 11.8. The van der Waals surface area contributed by atoms with Gasteiger partial charge in [-0.2, -0.15) is 15.1 Å². The number of carbonyl (C=O) groups excluding carboxylic acids is 2. The number of rotatable bonds is 15. The smallest absolute Gasteiger partial charge is 0.428 e. The number of para-hydroxylation sites is 2. The Bertz CT molecular complexity index is 3610. The van der Waals surface area contributed by atoms with Crippen LogP contribution in [0.2, 0.25) is 10.0 Å². The standard InChI is InChI=1S/C31H39ClN6O5S.C26H29ClN4O4S/c1-18(2)44(40,41)25-12-10-9-11-22(25)34-27-21(32)17-33-28(36-27)35-23-15-19-13-14-26(37-38-29(39)43-30(3,4)5)31(6,7)20(19)16-24(23)42-8;1-15(2)36(33,34)22-9-7-6-8-19(22)29-24-18(27)14-28-25(31-24)30-20-12-16-10-11-23(32)26(3,4)17(16)13-21(20)35-5/h9-12,15-18H,13-14H2,1-8H3,(H,38,39)(H2,33,34,35,36);6-9,12-15H,10-11H2,1-5H3,(H2,28,29,30,31)/b37-26+;. The Morgan fingerprint density at radius 3 is 1.48 bits per heavy atom. The summed E-state index contributed by atoms with van der Waals surface area (Å²) in [5, 5.41) is 16.2. The summed E-state index contributed by atoms with van der Waals surface area (Å²) >= 11 is 12.8. The molecule has 2 aliphatic carbocycles. The zero-order valence-corrected chi connectivity index (χ0v) is 50.2. The van der Waals surface area contributed by atoms with E-state index < -0.39 is 52.7 Å². The first kappa shape index (κ1) is 60.6. The van der Waals surface area contributed by atoms with E-state index in [-0.39, 0.29) is 49.2 Å². The molecule has 23 heteroatoms. The number of halogens is 2. The number of aryl methyl sites for hydroxylation is 2. The number of methoxy groups -OCH3 is 2. The molecule has 0 bridgehead atoms. The highest BCUT2D eigenvalue weighted by Crippen LogP contribution is 2.43. The van der Waals surface area contributed by atoms with Crippen molar-refractivity contribution < 1.29 is 40.6 Å². The van der Waals surface area contributed by atoms with Gasteiger partial charge >= 0.3 is 6.09 Å². The number of ketones is 1. The third kappa shape index (κ3) is 13.4. The normalized spacial score (nSPS) is 15.2. The second-order valence-corrected chi connectivity index (χ2v) is 27.5. The average Bonchev–Trinajstić information content (AvgIpc) is 3.45. The predicted molar refractivity (Wildman–Crippen MR) is 315 cm³/mol. The number of Topliss-reactive ketones (excluding diaryl/α,β-unsaturated/α-hetero) is 1. The highest BCUT2D eigenvalue weighted by Gasteiger charge is 2.37. The highest BCUT2D eigenvalue weighted by atomic mass is 35.5. The zero-order valence-electron chi connectivity index (χ0n) is 47.0. The summed E-state index contributed by atoms with van der Waals surface area (Å²) in [6, 6.07) is 21.0. The molecule has 2 aromatic heterocycles. The Labute approximate surface area is 478 Å². The van der Waals surface area contributed by atoms with Crippen LogP contribution in [0.3, 0.4) is 0 Å². The number of ether oxygens (including phenoxy) is 3. The van der Waals surface area contributed by atoms with E-state index in [0.29, 0.717) is 59.9 Å². The zero-order chi connectivity index (χ0) is 58.7. The van der Waals surface area contributed by atoms with E-state index in [2.05, 4.69) is 51.7 Å². The second-order valence-electron chi connectivity index (χ2n) is 21.7. The molecular weight excluding hydrogens is 1100 g/mol. The minimum Gasteiger partial charge on any atom is -0.495 e. The number of nitrogens with zero attached hydrogens (tertiary/aromatic N) is 5.